The zero-order chi connectivity index (χ0) is 60.2. The van der Waals surface area contributed by atoms with Crippen LogP contribution in [-0.2, 0) is 22.2 Å². The predicted octanol–water partition coefficient (Wildman–Crippen LogP) is 19.7. The zero-order valence-electron chi connectivity index (χ0n) is 50.0. The van der Waals surface area contributed by atoms with Crippen molar-refractivity contribution in [3.8, 4) is 46.0 Å². The van der Waals surface area contributed by atoms with Crippen LogP contribution in [0.2, 0.25) is 0 Å². The van der Waals surface area contributed by atoms with Crippen LogP contribution in [0.15, 0.2) is 253 Å². The van der Waals surface area contributed by atoms with Gasteiger partial charge in [-0.2, -0.15) is 0 Å². The molecule has 0 heterocycles. The number of hydrogen-bond acceptors (Lipinski definition) is 9. The first kappa shape index (κ1) is 68.0. The summed E-state index contributed by atoms with van der Waals surface area (Å²) in [6.07, 6.45) is 8.40. The van der Waals surface area contributed by atoms with Crippen molar-refractivity contribution in [3.05, 3.63) is 292 Å². The molecule has 7 aromatic carbocycles. The lowest BCUT2D eigenvalue weighted by Crippen LogP contribution is -2.18. The fraction of sp³-hybridized carbons (Fsp3) is 0.222. The Morgan fingerprint density at radius 3 is 1.38 bits per heavy atom. The minimum Gasteiger partial charge on any atom is -0.497 e. The zero-order valence-corrected chi connectivity index (χ0v) is 50.0. The number of aryl methyl sites for hydroxylation is 2. The molecule has 0 amide bonds. The second kappa shape index (κ2) is 36.9. The van der Waals surface area contributed by atoms with Gasteiger partial charge in [-0.05, 0) is 132 Å². The SMILES string of the molecule is C=C(C)OCc1ccc(C(C)(C)C)cc1.C=COc1cc(C)cc(C)c1.C=COc1ccc(C(C)(C)c2ccccc2)cc1.C=COc1ccc(OC=C)c(OC)c1.C=COc1cccc(C(C)C)c1.C=COc1cccc(OC)c1. The van der Waals surface area contributed by atoms with E-state index in [9.17, 15) is 0 Å². The van der Waals surface area contributed by atoms with Gasteiger partial charge in [-0.3, -0.25) is 0 Å². The summed E-state index contributed by atoms with van der Waals surface area (Å²) in [6.45, 7) is 46.6. The van der Waals surface area contributed by atoms with E-state index in [4.69, 9.17) is 42.6 Å². The number of hydrogen-bond donors (Lipinski definition) is 0. The summed E-state index contributed by atoms with van der Waals surface area (Å²) < 4.78 is 46.2. The van der Waals surface area contributed by atoms with Crippen LogP contribution in [0.4, 0.5) is 0 Å². The Hall–Kier alpha value is -9.08. The fourth-order valence-electron chi connectivity index (χ4n) is 7.29. The average Bonchev–Trinajstić information content (AvgIpc) is 3.48. The topological polar surface area (TPSA) is 83.1 Å². The number of allylic oxidation sites excluding steroid dienone is 1. The first-order valence-electron chi connectivity index (χ1n) is 26.4. The third-order valence-corrected chi connectivity index (χ3v) is 11.6. The van der Waals surface area contributed by atoms with Gasteiger partial charge in [0.2, 0.25) is 0 Å². The average molecular weight is 1100 g/mol. The fourth-order valence-corrected chi connectivity index (χ4v) is 7.29. The van der Waals surface area contributed by atoms with Crippen LogP contribution < -0.4 is 37.9 Å². The van der Waals surface area contributed by atoms with E-state index in [0.29, 0.717) is 29.8 Å². The third kappa shape index (κ3) is 26.4. The van der Waals surface area contributed by atoms with Crippen molar-refractivity contribution in [1.29, 1.82) is 0 Å². The molecular formula is C72H86O9. The maximum Gasteiger partial charge on any atom is 0.168 e. The summed E-state index contributed by atoms with van der Waals surface area (Å²) >= 11 is 0. The molecule has 9 nitrogen and oxygen atoms in total. The van der Waals surface area contributed by atoms with Crippen molar-refractivity contribution in [2.45, 2.75) is 92.6 Å². The number of benzene rings is 7. The van der Waals surface area contributed by atoms with Gasteiger partial charge in [-0.15, -0.1) is 0 Å². The first-order valence-corrected chi connectivity index (χ1v) is 26.4. The molecule has 0 spiro atoms. The van der Waals surface area contributed by atoms with Crippen molar-refractivity contribution in [1.82, 2.24) is 0 Å². The van der Waals surface area contributed by atoms with Crippen molar-refractivity contribution < 1.29 is 42.6 Å². The molecule has 0 saturated carbocycles. The van der Waals surface area contributed by atoms with Gasteiger partial charge in [0, 0.05) is 17.5 Å². The molecule has 9 heteroatoms. The Bertz CT molecular complexity index is 2960. The van der Waals surface area contributed by atoms with Gasteiger partial charge < -0.3 is 42.6 Å². The molecule has 0 N–H and O–H groups in total. The molecule has 0 aromatic heterocycles. The van der Waals surface area contributed by atoms with Crippen LogP contribution in [0.3, 0.4) is 0 Å². The van der Waals surface area contributed by atoms with Crippen LogP contribution in [0.5, 0.6) is 46.0 Å². The molecule has 0 bridgehead atoms. The van der Waals surface area contributed by atoms with E-state index in [-0.39, 0.29) is 10.8 Å². The van der Waals surface area contributed by atoms with Gasteiger partial charge in [-0.1, -0.05) is 186 Å². The first-order chi connectivity index (χ1) is 38.7. The van der Waals surface area contributed by atoms with Gasteiger partial charge >= 0.3 is 0 Å². The Morgan fingerprint density at radius 1 is 0.432 bits per heavy atom. The van der Waals surface area contributed by atoms with Crippen molar-refractivity contribution in [3.63, 3.8) is 0 Å². The van der Waals surface area contributed by atoms with Crippen molar-refractivity contribution in [2.75, 3.05) is 14.2 Å². The molecule has 0 aliphatic rings. The van der Waals surface area contributed by atoms with Crippen molar-refractivity contribution >= 4 is 0 Å². The quantitative estimate of drug-likeness (QED) is 0.0693. The summed E-state index contributed by atoms with van der Waals surface area (Å²) in [5, 5.41) is 0. The summed E-state index contributed by atoms with van der Waals surface area (Å²) in [7, 11) is 3.18. The molecule has 81 heavy (non-hydrogen) atoms. The molecule has 0 fully saturated rings. The third-order valence-electron chi connectivity index (χ3n) is 11.6. The monoisotopic (exact) mass is 1090 g/mol. The minimum atomic E-state index is -0.00598. The molecule has 0 atom stereocenters. The maximum absolute atomic E-state index is 5.36. The second-order valence-electron chi connectivity index (χ2n) is 19.7. The van der Waals surface area contributed by atoms with E-state index in [1.165, 1.54) is 76.5 Å². The van der Waals surface area contributed by atoms with Crippen LogP contribution in [0.1, 0.15) is 100 Å². The minimum absolute atomic E-state index is 0.00598. The number of ether oxygens (including phenoxy) is 9. The van der Waals surface area contributed by atoms with E-state index in [0.717, 1.165) is 34.5 Å². The highest BCUT2D eigenvalue weighted by Gasteiger charge is 2.22. The standard InChI is InChI=1S/C17H18O.C14H20O.C11H12O3.C11H14O.C10H12O.C9H10O2/c1-4-18-16-12-10-15(11-13-16)17(2,3)14-8-6-5-7-9-14;1-11(2)15-10-12-6-8-13(9-7-12)14(3,4)5;1-4-13-9-6-7-10(14-5-2)11(8-9)12-3;1-4-12-11-7-5-6-10(8-11)9(2)3;1-4-11-10-6-8(2)5-9(3)7-10;1-3-11-9-6-4-5-8(7-9)10-2/h4-13H,1H2,2-3H3;6-9H,1,10H2,2-5H3;4-8H,1-2H2,3H3;4-9H,1H2,2-3H3;4-7H,1H2,2-3H3;3-7H,1H2,2H3. The van der Waals surface area contributed by atoms with Crippen LogP contribution >= 0.6 is 0 Å². The van der Waals surface area contributed by atoms with Gasteiger partial charge in [0.25, 0.3) is 0 Å². The highest BCUT2D eigenvalue weighted by Crippen LogP contribution is 2.33. The van der Waals surface area contributed by atoms with Crippen LogP contribution in [-0.4, -0.2) is 14.2 Å². The van der Waals surface area contributed by atoms with Gasteiger partial charge in [0.05, 0.1) is 57.6 Å². The Kier molecular flexibility index (Phi) is 31.0. The van der Waals surface area contributed by atoms with Crippen LogP contribution in [0.25, 0.3) is 0 Å². The molecule has 0 radical (unpaired) electrons. The normalized spacial score (nSPS) is 9.99. The number of methoxy groups -OCH3 is 2. The molecule has 0 saturated heterocycles. The van der Waals surface area contributed by atoms with E-state index in [1.54, 1.807) is 38.5 Å². The van der Waals surface area contributed by atoms with E-state index in [2.05, 4.69) is 167 Å². The van der Waals surface area contributed by atoms with Gasteiger partial charge in [0.1, 0.15) is 41.1 Å². The lowest BCUT2D eigenvalue weighted by atomic mass is 9.78. The summed E-state index contributed by atoms with van der Waals surface area (Å²) in [4.78, 5) is 0. The number of rotatable bonds is 20. The highest BCUT2D eigenvalue weighted by molar-refractivity contribution is 5.46. The molecule has 0 unspecified atom stereocenters. The maximum atomic E-state index is 5.36. The summed E-state index contributed by atoms with van der Waals surface area (Å²) in [5.41, 5.74) is 9.03. The Morgan fingerprint density at radius 2 is 0.889 bits per heavy atom. The van der Waals surface area contributed by atoms with E-state index >= 15 is 0 Å². The van der Waals surface area contributed by atoms with E-state index < -0.39 is 0 Å². The predicted molar refractivity (Wildman–Crippen MR) is 337 cm³/mol. The molecule has 428 valence electrons. The Balaban J connectivity index is 0.000000335. The molecular weight excluding hydrogens is 1010 g/mol. The lowest BCUT2D eigenvalue weighted by molar-refractivity contribution is 0.202. The molecule has 7 rings (SSSR count). The molecule has 0 aliphatic heterocycles. The smallest absolute Gasteiger partial charge is 0.168 e. The van der Waals surface area contributed by atoms with Crippen LogP contribution in [0, 0.1) is 13.8 Å². The summed E-state index contributed by atoms with van der Waals surface area (Å²) in [5.74, 6) is 7.18. The second-order valence-corrected chi connectivity index (χ2v) is 19.7. The van der Waals surface area contributed by atoms with Crippen molar-refractivity contribution in [2.24, 2.45) is 0 Å². The molecule has 7 aromatic rings. The summed E-state index contributed by atoms with van der Waals surface area (Å²) in [6, 6.07) is 53.9. The largest absolute Gasteiger partial charge is 0.497 e. The molecule has 0 aliphatic carbocycles. The Labute approximate surface area is 485 Å². The van der Waals surface area contributed by atoms with Gasteiger partial charge in [0.15, 0.2) is 11.5 Å². The highest BCUT2D eigenvalue weighted by atomic mass is 16.5. The van der Waals surface area contributed by atoms with E-state index in [1.807, 2.05) is 87.5 Å². The lowest BCUT2D eigenvalue weighted by Gasteiger charge is -2.26. The van der Waals surface area contributed by atoms with Gasteiger partial charge in [-0.25, -0.2) is 0 Å².